The quantitative estimate of drug-likeness (QED) is 0.567. The number of carbonyl (C=O) groups is 3. The number of esters is 1. The molecule has 0 aliphatic heterocycles. The van der Waals surface area contributed by atoms with Gasteiger partial charge in [0.05, 0.1) is 11.4 Å². The lowest BCUT2D eigenvalue weighted by Crippen LogP contribution is -2.40. The number of hydrogen-bond acceptors (Lipinski definition) is 6. The largest absolute Gasteiger partial charge is 0.454 e. The highest BCUT2D eigenvalue weighted by atomic mass is 32.2. The molecule has 10 heteroatoms. The highest BCUT2D eigenvalue weighted by Crippen LogP contribution is 2.09. The monoisotopic (exact) mass is 371 g/mol. The minimum Gasteiger partial charge on any atom is -0.454 e. The van der Waals surface area contributed by atoms with Crippen LogP contribution in [0, 0.1) is 6.92 Å². The fraction of sp³-hybridized carbons (Fsp3) is 0.400. The molecule has 0 saturated heterocycles. The van der Waals surface area contributed by atoms with E-state index in [1.807, 2.05) is 6.92 Å². The van der Waals surface area contributed by atoms with Crippen molar-refractivity contribution in [1.29, 1.82) is 0 Å². The molecule has 1 aromatic rings. The van der Waals surface area contributed by atoms with E-state index in [9.17, 15) is 22.8 Å². The van der Waals surface area contributed by atoms with E-state index in [-0.39, 0.29) is 4.90 Å². The zero-order valence-electron chi connectivity index (χ0n) is 14.2. The first-order valence-electron chi connectivity index (χ1n) is 7.30. The number of sulfonamides is 1. The van der Waals surface area contributed by atoms with Crippen molar-refractivity contribution in [3.63, 3.8) is 0 Å². The van der Waals surface area contributed by atoms with Gasteiger partial charge in [-0.05, 0) is 19.1 Å². The Hall–Kier alpha value is -2.46. The number of benzene rings is 1. The van der Waals surface area contributed by atoms with Crippen LogP contribution in [-0.4, -0.2) is 64.9 Å². The summed E-state index contributed by atoms with van der Waals surface area (Å²) in [6, 6.07) is 6.13. The number of rotatable bonds is 8. The van der Waals surface area contributed by atoms with Gasteiger partial charge < -0.3 is 15.0 Å². The van der Waals surface area contributed by atoms with Gasteiger partial charge in [-0.15, -0.1) is 0 Å². The van der Waals surface area contributed by atoms with Crippen LogP contribution < -0.4 is 10.0 Å². The van der Waals surface area contributed by atoms with Crippen LogP contribution in [0.5, 0.6) is 0 Å². The van der Waals surface area contributed by atoms with E-state index in [1.54, 1.807) is 12.1 Å². The minimum atomic E-state index is -3.82. The van der Waals surface area contributed by atoms with Crippen LogP contribution in [0.3, 0.4) is 0 Å². The second kappa shape index (κ2) is 9.14. The zero-order valence-corrected chi connectivity index (χ0v) is 15.1. The van der Waals surface area contributed by atoms with Gasteiger partial charge in [-0.25, -0.2) is 13.1 Å². The van der Waals surface area contributed by atoms with Crippen molar-refractivity contribution in [2.45, 2.75) is 11.8 Å². The third kappa shape index (κ3) is 7.31. The number of likely N-dealkylation sites (N-methyl/N-ethyl adjacent to an activating group) is 1. The fourth-order valence-corrected chi connectivity index (χ4v) is 2.50. The molecule has 2 amide bonds. The molecule has 0 heterocycles. The van der Waals surface area contributed by atoms with Gasteiger partial charge in [0.1, 0.15) is 6.54 Å². The topological polar surface area (TPSA) is 122 Å². The molecule has 0 unspecified atom stereocenters. The Morgan fingerprint density at radius 3 is 2.24 bits per heavy atom. The van der Waals surface area contributed by atoms with E-state index >= 15 is 0 Å². The van der Waals surface area contributed by atoms with Crippen LogP contribution in [0.4, 0.5) is 0 Å². The van der Waals surface area contributed by atoms with Crippen molar-refractivity contribution in [3.8, 4) is 0 Å². The Bertz CT molecular complexity index is 728. The molecule has 0 aromatic heterocycles. The predicted octanol–water partition coefficient (Wildman–Crippen LogP) is -0.979. The molecule has 0 radical (unpaired) electrons. The van der Waals surface area contributed by atoms with Gasteiger partial charge in [-0.2, -0.15) is 0 Å². The average Bonchev–Trinajstić information content (AvgIpc) is 2.56. The van der Waals surface area contributed by atoms with Crippen molar-refractivity contribution in [2.24, 2.45) is 0 Å². The van der Waals surface area contributed by atoms with E-state index in [0.717, 1.165) is 5.56 Å². The van der Waals surface area contributed by atoms with Crippen molar-refractivity contribution < 1.29 is 27.5 Å². The molecule has 0 aliphatic carbocycles. The summed E-state index contributed by atoms with van der Waals surface area (Å²) in [6.07, 6.45) is 0. The number of nitrogens with one attached hydrogen (secondary N) is 2. The summed E-state index contributed by atoms with van der Waals surface area (Å²) in [4.78, 5) is 35.5. The lowest BCUT2D eigenvalue weighted by Gasteiger charge is -2.11. The number of aryl methyl sites for hydroxylation is 1. The molecule has 0 aliphatic rings. The minimum absolute atomic E-state index is 0.0347. The standard InChI is InChI=1S/C15H21N3O6S/c1-11-4-6-12(7-5-11)25(22,23)17-8-13(19)16-9-15(21)24-10-14(20)18(2)3/h4-7,17H,8-10H2,1-3H3,(H,16,19). The normalized spacial score (nSPS) is 10.8. The van der Waals surface area contributed by atoms with Crippen LogP contribution in [-0.2, 0) is 29.1 Å². The Balaban J connectivity index is 2.38. The SMILES string of the molecule is Cc1ccc(S(=O)(=O)NCC(=O)NCC(=O)OCC(=O)N(C)C)cc1. The zero-order chi connectivity index (χ0) is 19.0. The van der Waals surface area contributed by atoms with Crippen molar-refractivity contribution in [2.75, 3.05) is 33.8 Å². The van der Waals surface area contributed by atoms with Gasteiger partial charge in [0.15, 0.2) is 6.61 Å². The number of hydrogen-bond donors (Lipinski definition) is 2. The first-order valence-corrected chi connectivity index (χ1v) is 8.79. The highest BCUT2D eigenvalue weighted by molar-refractivity contribution is 7.89. The van der Waals surface area contributed by atoms with Gasteiger partial charge >= 0.3 is 5.97 Å². The number of amides is 2. The summed E-state index contributed by atoms with van der Waals surface area (Å²) in [7, 11) is -0.795. The maximum absolute atomic E-state index is 12.0. The molecule has 0 spiro atoms. The predicted molar refractivity (Wildman–Crippen MR) is 89.0 cm³/mol. The van der Waals surface area contributed by atoms with Gasteiger partial charge in [0.2, 0.25) is 15.9 Å². The first-order chi connectivity index (χ1) is 11.6. The van der Waals surface area contributed by atoms with Gasteiger partial charge in [-0.3, -0.25) is 14.4 Å². The van der Waals surface area contributed by atoms with Crippen LogP contribution in [0.25, 0.3) is 0 Å². The molecule has 1 aromatic carbocycles. The summed E-state index contributed by atoms with van der Waals surface area (Å²) < 4.78 is 30.8. The summed E-state index contributed by atoms with van der Waals surface area (Å²) in [5.41, 5.74) is 0.906. The molecule has 1 rings (SSSR count). The third-order valence-electron chi connectivity index (χ3n) is 3.04. The van der Waals surface area contributed by atoms with E-state index in [0.29, 0.717) is 0 Å². The molecular weight excluding hydrogens is 350 g/mol. The van der Waals surface area contributed by atoms with E-state index in [4.69, 9.17) is 0 Å². The van der Waals surface area contributed by atoms with Crippen LogP contribution in [0.2, 0.25) is 0 Å². The molecule has 0 fully saturated rings. The van der Waals surface area contributed by atoms with Gasteiger partial charge in [0, 0.05) is 14.1 Å². The van der Waals surface area contributed by atoms with Crippen molar-refractivity contribution in [3.05, 3.63) is 29.8 Å². The molecule has 0 saturated carbocycles. The third-order valence-corrected chi connectivity index (χ3v) is 4.46. The molecule has 2 N–H and O–H groups in total. The summed E-state index contributed by atoms with van der Waals surface area (Å²) >= 11 is 0. The fourth-order valence-electron chi connectivity index (χ4n) is 1.52. The Kier molecular flexibility index (Phi) is 7.52. The first kappa shape index (κ1) is 20.6. The lowest BCUT2D eigenvalue weighted by atomic mass is 10.2. The lowest BCUT2D eigenvalue weighted by molar-refractivity contribution is -0.150. The molecule has 138 valence electrons. The van der Waals surface area contributed by atoms with Gasteiger partial charge in [-0.1, -0.05) is 17.7 Å². The smallest absolute Gasteiger partial charge is 0.325 e. The summed E-state index contributed by atoms with van der Waals surface area (Å²) in [6.45, 7) is 0.399. The molecule has 9 nitrogen and oxygen atoms in total. The maximum Gasteiger partial charge on any atom is 0.325 e. The Morgan fingerprint density at radius 2 is 1.68 bits per heavy atom. The molecule has 0 bridgehead atoms. The van der Waals surface area contributed by atoms with Crippen LogP contribution in [0.1, 0.15) is 5.56 Å². The Labute approximate surface area is 146 Å². The van der Waals surface area contributed by atoms with E-state index < -0.39 is 47.5 Å². The Morgan fingerprint density at radius 1 is 1.08 bits per heavy atom. The average molecular weight is 371 g/mol. The molecular formula is C15H21N3O6S. The summed E-state index contributed by atoms with van der Waals surface area (Å²) in [5.74, 6) is -1.90. The molecule has 25 heavy (non-hydrogen) atoms. The second-order valence-electron chi connectivity index (χ2n) is 5.36. The van der Waals surface area contributed by atoms with E-state index in [1.165, 1.54) is 31.1 Å². The van der Waals surface area contributed by atoms with Crippen LogP contribution >= 0.6 is 0 Å². The molecule has 0 atom stereocenters. The van der Waals surface area contributed by atoms with Crippen LogP contribution in [0.15, 0.2) is 29.2 Å². The highest BCUT2D eigenvalue weighted by Gasteiger charge is 2.16. The maximum atomic E-state index is 12.0. The van der Waals surface area contributed by atoms with Crippen molar-refractivity contribution in [1.82, 2.24) is 14.9 Å². The summed E-state index contributed by atoms with van der Waals surface area (Å²) in [5, 5.41) is 2.20. The second-order valence-corrected chi connectivity index (χ2v) is 7.13. The number of carbonyl (C=O) groups excluding carboxylic acids is 3. The number of ether oxygens (including phenoxy) is 1. The van der Waals surface area contributed by atoms with E-state index in [2.05, 4.69) is 14.8 Å². The number of nitrogens with zero attached hydrogens (tertiary/aromatic N) is 1. The van der Waals surface area contributed by atoms with Crippen molar-refractivity contribution >= 4 is 27.8 Å². The van der Waals surface area contributed by atoms with Gasteiger partial charge in [0.25, 0.3) is 5.91 Å².